The second kappa shape index (κ2) is 14.6. The first-order chi connectivity index (χ1) is 34.2. The maximum absolute atomic E-state index is 6.65. The fourth-order valence-corrected chi connectivity index (χ4v) is 11.3. The molecule has 69 heavy (non-hydrogen) atoms. The van der Waals surface area contributed by atoms with Crippen molar-refractivity contribution in [2.45, 2.75) is 0 Å². The minimum Gasteiger partial charge on any atom is -0.456 e. The van der Waals surface area contributed by atoms with Gasteiger partial charge in [0.15, 0.2) is 0 Å². The van der Waals surface area contributed by atoms with E-state index in [9.17, 15) is 0 Å². The van der Waals surface area contributed by atoms with E-state index in [1.807, 2.05) is 0 Å². The van der Waals surface area contributed by atoms with Crippen LogP contribution in [0.25, 0.3) is 143 Å². The predicted octanol–water partition coefficient (Wildman–Crippen LogP) is 17.0. The predicted molar refractivity (Wildman–Crippen MR) is 287 cm³/mol. The van der Waals surface area contributed by atoms with Crippen molar-refractivity contribution in [1.29, 1.82) is 0 Å². The third-order valence-electron chi connectivity index (χ3n) is 14.3. The number of nitrogens with zero attached hydrogens (tertiary/aromatic N) is 4. The Morgan fingerprint density at radius 3 is 1.80 bits per heavy atom. The van der Waals surface area contributed by atoms with Crippen LogP contribution < -0.4 is 0 Å². The van der Waals surface area contributed by atoms with Gasteiger partial charge < -0.3 is 8.98 Å². The summed E-state index contributed by atoms with van der Waals surface area (Å²) in [4.78, 5) is 10.9. The quantitative estimate of drug-likeness (QED) is 0.162. The molecule has 0 fully saturated rings. The molecule has 0 N–H and O–H groups in total. The van der Waals surface area contributed by atoms with E-state index in [0.29, 0.717) is 5.95 Å². The van der Waals surface area contributed by atoms with E-state index in [2.05, 4.69) is 240 Å². The number of para-hydroxylation sites is 3. The van der Waals surface area contributed by atoms with E-state index in [1.54, 1.807) is 0 Å². The lowest BCUT2D eigenvalue weighted by atomic mass is 9.95. The van der Waals surface area contributed by atoms with Crippen molar-refractivity contribution in [2.75, 3.05) is 0 Å². The Kier molecular flexibility index (Phi) is 8.00. The largest absolute Gasteiger partial charge is 0.456 e. The SMILES string of the molecule is c1ccc(-c2nc(-n3c4cc(-c5ccc6oc7cccc(-c8ccc9c(c8)c8ccccc8n9-c8ccccc8)c7c6c5)ccc4c4c5ccccc5c5ccccc5c43)nc3ccccc23)cc1. The number of benzene rings is 11. The van der Waals surface area contributed by atoms with Crippen molar-refractivity contribution in [3.63, 3.8) is 0 Å². The summed E-state index contributed by atoms with van der Waals surface area (Å²) in [6.45, 7) is 0. The van der Waals surface area contributed by atoms with Crippen molar-refractivity contribution >= 4 is 98.0 Å². The number of hydrogen-bond donors (Lipinski definition) is 0. The monoisotopic (exact) mass is 878 g/mol. The zero-order chi connectivity index (χ0) is 45.2. The van der Waals surface area contributed by atoms with Gasteiger partial charge in [0.05, 0.1) is 33.3 Å². The lowest BCUT2D eigenvalue weighted by Crippen LogP contribution is -2.04. The first-order valence-electron chi connectivity index (χ1n) is 23.5. The third kappa shape index (κ3) is 5.59. The normalized spacial score (nSPS) is 12.1. The Morgan fingerprint density at radius 1 is 0.319 bits per heavy atom. The van der Waals surface area contributed by atoms with Gasteiger partial charge in [-0.15, -0.1) is 0 Å². The first-order valence-corrected chi connectivity index (χ1v) is 23.5. The van der Waals surface area contributed by atoms with Gasteiger partial charge in [-0.05, 0) is 99.1 Å². The summed E-state index contributed by atoms with van der Waals surface area (Å²) in [5.74, 6) is 0.634. The molecule has 4 aromatic heterocycles. The number of rotatable bonds is 5. The summed E-state index contributed by atoms with van der Waals surface area (Å²) in [6.07, 6.45) is 0. The molecule has 11 aromatic carbocycles. The van der Waals surface area contributed by atoms with Crippen molar-refractivity contribution in [3.8, 4) is 45.1 Å². The molecule has 15 aromatic rings. The molecule has 0 atom stereocenters. The van der Waals surface area contributed by atoms with Crippen molar-refractivity contribution < 1.29 is 4.42 Å². The lowest BCUT2D eigenvalue weighted by Gasteiger charge is -2.14. The van der Waals surface area contributed by atoms with Crippen LogP contribution in [0.3, 0.4) is 0 Å². The van der Waals surface area contributed by atoms with Gasteiger partial charge in [-0.25, -0.2) is 9.97 Å². The molecule has 0 spiro atoms. The molecule has 0 saturated heterocycles. The molecule has 5 heteroatoms. The summed E-state index contributed by atoms with van der Waals surface area (Å²) in [5.41, 5.74) is 14.7. The molecule has 320 valence electrons. The van der Waals surface area contributed by atoms with Crippen LogP contribution in [0.4, 0.5) is 0 Å². The van der Waals surface area contributed by atoms with Crippen LogP contribution in [0, 0.1) is 0 Å². The van der Waals surface area contributed by atoms with E-state index in [4.69, 9.17) is 14.4 Å². The Balaban J connectivity index is 0.969. The topological polar surface area (TPSA) is 48.8 Å². The fourth-order valence-electron chi connectivity index (χ4n) is 11.3. The number of aromatic nitrogens is 4. The van der Waals surface area contributed by atoms with Gasteiger partial charge in [-0.2, -0.15) is 0 Å². The molecule has 0 radical (unpaired) electrons. The fraction of sp³-hybridized carbons (Fsp3) is 0. The second-order valence-electron chi connectivity index (χ2n) is 18.0. The molecule has 5 nitrogen and oxygen atoms in total. The number of furan rings is 1. The lowest BCUT2D eigenvalue weighted by molar-refractivity contribution is 0.669. The highest BCUT2D eigenvalue weighted by molar-refractivity contribution is 6.32. The van der Waals surface area contributed by atoms with Crippen molar-refractivity contribution in [2.24, 2.45) is 0 Å². The molecule has 15 rings (SSSR count). The summed E-state index contributed by atoms with van der Waals surface area (Å²) >= 11 is 0. The molecule has 0 bridgehead atoms. The van der Waals surface area contributed by atoms with Crippen molar-refractivity contribution in [3.05, 3.63) is 231 Å². The van der Waals surface area contributed by atoms with Gasteiger partial charge in [0.2, 0.25) is 5.95 Å². The van der Waals surface area contributed by atoms with E-state index in [0.717, 1.165) is 93.8 Å². The molecule has 0 aliphatic rings. The molecular formula is C64H38N4O. The molecule has 4 heterocycles. The van der Waals surface area contributed by atoms with Crippen LogP contribution in [-0.4, -0.2) is 19.1 Å². The molecule has 0 unspecified atom stereocenters. The minimum absolute atomic E-state index is 0.634. The Hall–Kier alpha value is -9.32. The van der Waals surface area contributed by atoms with Crippen LogP contribution in [-0.2, 0) is 0 Å². The average Bonchev–Trinajstić information content (AvgIpc) is 4.09. The van der Waals surface area contributed by atoms with Gasteiger partial charge in [0, 0.05) is 54.3 Å². The van der Waals surface area contributed by atoms with Crippen LogP contribution in [0.5, 0.6) is 0 Å². The molecule has 0 aliphatic heterocycles. The highest BCUT2D eigenvalue weighted by Crippen LogP contribution is 2.45. The standard InChI is InChI=1S/C64H38N4O/c1-3-16-39(17-4-1)62-50-25-11-13-27-54(50)65-64(66-62)68-57-38-41(30-33-51(57)61-48-23-9-7-20-45(48)46-21-8-10-24-49(46)63(61)68)40-32-35-58-53(36-40)60-44(26-15-29-59(60)69-58)42-31-34-56-52(37-42)47-22-12-14-28-55(47)67(56)43-18-5-2-6-19-43/h1-38H. The molecule has 0 amide bonds. The van der Waals surface area contributed by atoms with Crippen LogP contribution in [0.1, 0.15) is 0 Å². The first kappa shape index (κ1) is 37.9. The summed E-state index contributed by atoms with van der Waals surface area (Å²) in [6, 6.07) is 82.5. The summed E-state index contributed by atoms with van der Waals surface area (Å²) in [7, 11) is 0. The molecule has 0 aliphatic carbocycles. The highest BCUT2D eigenvalue weighted by Gasteiger charge is 2.23. The van der Waals surface area contributed by atoms with Crippen LogP contribution >= 0.6 is 0 Å². The third-order valence-corrected chi connectivity index (χ3v) is 14.3. The highest BCUT2D eigenvalue weighted by atomic mass is 16.3. The number of hydrogen-bond acceptors (Lipinski definition) is 3. The van der Waals surface area contributed by atoms with E-state index in [1.165, 1.54) is 43.4 Å². The minimum atomic E-state index is 0.634. The maximum atomic E-state index is 6.65. The van der Waals surface area contributed by atoms with Crippen molar-refractivity contribution in [1.82, 2.24) is 19.1 Å². The summed E-state index contributed by atoms with van der Waals surface area (Å²) < 4.78 is 11.3. The smallest absolute Gasteiger partial charge is 0.235 e. The van der Waals surface area contributed by atoms with E-state index in [-0.39, 0.29) is 0 Å². The van der Waals surface area contributed by atoms with Crippen LogP contribution in [0.15, 0.2) is 235 Å². The summed E-state index contributed by atoms with van der Waals surface area (Å²) in [5, 5.41) is 12.8. The number of fused-ring (bicyclic) bond motifs is 15. The van der Waals surface area contributed by atoms with Gasteiger partial charge in [0.25, 0.3) is 0 Å². The molecule has 0 saturated carbocycles. The van der Waals surface area contributed by atoms with E-state index < -0.39 is 0 Å². The van der Waals surface area contributed by atoms with Gasteiger partial charge in [-0.1, -0.05) is 170 Å². The maximum Gasteiger partial charge on any atom is 0.235 e. The zero-order valence-electron chi connectivity index (χ0n) is 37.1. The van der Waals surface area contributed by atoms with Gasteiger partial charge in [-0.3, -0.25) is 4.57 Å². The Morgan fingerprint density at radius 2 is 0.957 bits per heavy atom. The average molecular weight is 879 g/mol. The Labute approximate surface area is 395 Å². The van der Waals surface area contributed by atoms with Crippen LogP contribution in [0.2, 0.25) is 0 Å². The van der Waals surface area contributed by atoms with Gasteiger partial charge >= 0.3 is 0 Å². The molecular weight excluding hydrogens is 841 g/mol. The zero-order valence-corrected chi connectivity index (χ0v) is 37.1. The van der Waals surface area contributed by atoms with Gasteiger partial charge in [0.1, 0.15) is 11.2 Å². The Bertz CT molecular complexity index is 4600. The second-order valence-corrected chi connectivity index (χ2v) is 18.0. The van der Waals surface area contributed by atoms with E-state index >= 15 is 0 Å².